The summed E-state index contributed by atoms with van der Waals surface area (Å²) in [6.07, 6.45) is 7.45. The van der Waals surface area contributed by atoms with Gasteiger partial charge in [0.1, 0.15) is 11.8 Å². The quantitative estimate of drug-likeness (QED) is 0.218. The normalized spacial score (nSPS) is 27.2. The molecule has 2 bridgehead atoms. The number of carbonyl (C=O) groups is 3. The molecule has 3 aliphatic rings. The number of hydrogen-bond acceptors (Lipinski definition) is 7. The Hall–Kier alpha value is -2.78. The summed E-state index contributed by atoms with van der Waals surface area (Å²) in [6.45, 7) is 8.55. The number of aliphatic hydroxyl groups is 1. The number of likely N-dealkylation sites (tertiary alicyclic amines) is 1. The molecule has 3 fully saturated rings. The van der Waals surface area contributed by atoms with Crippen LogP contribution in [0.4, 0.5) is 5.69 Å². The van der Waals surface area contributed by atoms with Gasteiger partial charge in [0, 0.05) is 30.6 Å². The number of carbonyl (C=O) groups excluding carboxylic acids is 3. The van der Waals surface area contributed by atoms with Gasteiger partial charge in [0.15, 0.2) is 0 Å². The number of ether oxygens (including phenoxy) is 2. The summed E-state index contributed by atoms with van der Waals surface area (Å²) in [7, 11) is 1.59. The molecule has 1 spiro atoms. The molecule has 8 nitrogen and oxygen atoms in total. The molecule has 38 heavy (non-hydrogen) atoms. The van der Waals surface area contributed by atoms with Gasteiger partial charge in [0.25, 0.3) is 5.91 Å². The molecule has 0 radical (unpaired) electrons. The van der Waals surface area contributed by atoms with Crippen LogP contribution < -0.4 is 9.64 Å². The average molecular weight is 543 g/mol. The Morgan fingerprint density at radius 1 is 1.21 bits per heavy atom. The number of unbranched alkanes of at least 4 members (excludes halogenated alkanes) is 2. The van der Waals surface area contributed by atoms with Crippen molar-refractivity contribution >= 4 is 35.2 Å². The molecule has 3 saturated heterocycles. The fourth-order valence-electron chi connectivity index (χ4n) is 6.21. The van der Waals surface area contributed by atoms with Gasteiger partial charge in [0.05, 0.1) is 30.3 Å². The summed E-state index contributed by atoms with van der Waals surface area (Å²) in [5.41, 5.74) is 0.696. The number of aliphatic hydroxyl groups excluding tert-OH is 1. The first-order valence-corrected chi connectivity index (χ1v) is 14.2. The van der Waals surface area contributed by atoms with E-state index in [1.165, 1.54) is 0 Å². The van der Waals surface area contributed by atoms with Crippen LogP contribution >= 0.6 is 11.8 Å². The summed E-state index contributed by atoms with van der Waals surface area (Å²) in [4.78, 5) is 45.0. The molecule has 5 atom stereocenters. The van der Waals surface area contributed by atoms with Crippen LogP contribution in [0.1, 0.15) is 38.5 Å². The Kier molecular flexibility index (Phi) is 9.20. The van der Waals surface area contributed by atoms with Crippen LogP contribution in [0.15, 0.2) is 49.6 Å². The van der Waals surface area contributed by atoms with Crippen molar-refractivity contribution in [2.24, 2.45) is 11.8 Å². The number of anilines is 1. The molecule has 1 aromatic carbocycles. The fourth-order valence-corrected chi connectivity index (χ4v) is 8.41. The van der Waals surface area contributed by atoms with Gasteiger partial charge in [-0.25, -0.2) is 0 Å². The third-order valence-electron chi connectivity index (χ3n) is 7.89. The van der Waals surface area contributed by atoms with Crippen LogP contribution in [0.2, 0.25) is 0 Å². The molecule has 9 heteroatoms. The van der Waals surface area contributed by atoms with Crippen molar-refractivity contribution in [3.8, 4) is 5.75 Å². The number of fused-ring (bicyclic) bond motifs is 1. The number of nitrogens with zero attached hydrogens (tertiary/aromatic N) is 2. The van der Waals surface area contributed by atoms with Gasteiger partial charge < -0.3 is 24.4 Å². The Morgan fingerprint density at radius 3 is 2.63 bits per heavy atom. The van der Waals surface area contributed by atoms with E-state index in [2.05, 4.69) is 13.2 Å². The summed E-state index contributed by atoms with van der Waals surface area (Å²) in [5.74, 6) is -1.12. The maximum absolute atomic E-state index is 14.4. The second-order valence-electron chi connectivity index (χ2n) is 10.1. The second kappa shape index (κ2) is 12.4. The van der Waals surface area contributed by atoms with Gasteiger partial charge in [0.2, 0.25) is 5.91 Å². The topological polar surface area (TPSA) is 96.4 Å². The van der Waals surface area contributed by atoms with Gasteiger partial charge in [-0.2, -0.15) is 0 Å². The molecular formula is C29H38N2O6S. The molecule has 1 N–H and O–H groups in total. The van der Waals surface area contributed by atoms with Gasteiger partial charge in [-0.15, -0.1) is 24.9 Å². The van der Waals surface area contributed by atoms with Crippen molar-refractivity contribution in [3.63, 3.8) is 0 Å². The van der Waals surface area contributed by atoms with Crippen LogP contribution in [0, 0.1) is 11.8 Å². The number of amides is 2. The minimum absolute atomic E-state index is 0.0409. The zero-order chi connectivity index (χ0) is 27.3. The number of benzene rings is 1. The molecule has 206 valence electrons. The van der Waals surface area contributed by atoms with Crippen LogP contribution in [0.25, 0.3) is 0 Å². The average Bonchev–Trinajstić information content (AvgIpc) is 3.57. The monoisotopic (exact) mass is 542 g/mol. The van der Waals surface area contributed by atoms with E-state index in [0.717, 1.165) is 12.8 Å². The molecule has 2 amide bonds. The first-order valence-electron chi connectivity index (χ1n) is 13.4. The minimum Gasteiger partial charge on any atom is -0.497 e. The number of methoxy groups -OCH3 is 1. The van der Waals surface area contributed by atoms with Gasteiger partial charge in [-0.1, -0.05) is 12.2 Å². The zero-order valence-electron chi connectivity index (χ0n) is 22.0. The second-order valence-corrected chi connectivity index (χ2v) is 11.7. The third kappa shape index (κ3) is 5.10. The predicted octanol–water partition coefficient (Wildman–Crippen LogP) is 3.59. The van der Waals surface area contributed by atoms with Crippen molar-refractivity contribution in [2.75, 3.05) is 38.3 Å². The first kappa shape index (κ1) is 28.2. The number of thioether (sulfide) groups is 1. The van der Waals surface area contributed by atoms with E-state index in [1.54, 1.807) is 53.0 Å². The van der Waals surface area contributed by atoms with Crippen molar-refractivity contribution in [3.05, 3.63) is 49.6 Å². The molecule has 0 saturated carbocycles. The zero-order valence-corrected chi connectivity index (χ0v) is 22.9. The Balaban J connectivity index is 1.68. The van der Waals surface area contributed by atoms with E-state index in [1.807, 2.05) is 12.1 Å². The molecule has 4 rings (SSSR count). The first-order chi connectivity index (χ1) is 18.4. The molecule has 0 aromatic heterocycles. The van der Waals surface area contributed by atoms with E-state index < -0.39 is 22.6 Å². The van der Waals surface area contributed by atoms with Gasteiger partial charge in [-0.05, 0) is 62.8 Å². The van der Waals surface area contributed by atoms with Crippen LogP contribution in [-0.4, -0.2) is 77.2 Å². The van der Waals surface area contributed by atoms with Crippen LogP contribution in [0.3, 0.4) is 0 Å². The van der Waals surface area contributed by atoms with E-state index in [-0.39, 0.29) is 42.8 Å². The minimum atomic E-state index is -0.697. The largest absolute Gasteiger partial charge is 0.497 e. The highest BCUT2D eigenvalue weighted by Crippen LogP contribution is 2.66. The van der Waals surface area contributed by atoms with Crippen LogP contribution in [-0.2, 0) is 19.1 Å². The number of rotatable bonds is 14. The summed E-state index contributed by atoms with van der Waals surface area (Å²) >= 11 is 1.63. The molecular weight excluding hydrogens is 504 g/mol. The Bertz CT molecular complexity index is 1050. The van der Waals surface area contributed by atoms with E-state index in [9.17, 15) is 19.5 Å². The maximum Gasteiger partial charge on any atom is 0.310 e. The van der Waals surface area contributed by atoms with E-state index >= 15 is 0 Å². The van der Waals surface area contributed by atoms with E-state index in [0.29, 0.717) is 43.7 Å². The highest BCUT2D eigenvalue weighted by atomic mass is 32.2. The highest BCUT2D eigenvalue weighted by molar-refractivity contribution is 8.02. The maximum atomic E-state index is 14.4. The lowest BCUT2D eigenvalue weighted by atomic mass is 9.71. The molecule has 0 aliphatic carbocycles. The summed E-state index contributed by atoms with van der Waals surface area (Å²) in [6, 6.07) is 6.57. The van der Waals surface area contributed by atoms with Crippen molar-refractivity contribution < 1.29 is 29.0 Å². The number of hydrogen-bond donors (Lipinski definition) is 1. The fraction of sp³-hybridized carbons (Fsp3) is 0.552. The van der Waals surface area contributed by atoms with Crippen molar-refractivity contribution in [2.45, 2.75) is 54.6 Å². The lowest BCUT2D eigenvalue weighted by Crippen LogP contribution is -2.55. The third-order valence-corrected chi connectivity index (χ3v) is 9.84. The SMILES string of the molecule is C=CCCOC(=O)[C@@H]1[C@H]2C(=O)N(CCCCCO)C(C(=O)N(CC=C)c3ccc(OC)cc3)C23CC[C@H]1S3. The van der Waals surface area contributed by atoms with Crippen LogP contribution in [0.5, 0.6) is 5.75 Å². The Labute approximate surface area is 229 Å². The Morgan fingerprint density at radius 2 is 1.97 bits per heavy atom. The van der Waals surface area contributed by atoms with E-state index in [4.69, 9.17) is 9.47 Å². The number of esters is 1. The van der Waals surface area contributed by atoms with Crippen molar-refractivity contribution in [1.29, 1.82) is 0 Å². The molecule has 1 aromatic rings. The van der Waals surface area contributed by atoms with Gasteiger partial charge >= 0.3 is 5.97 Å². The standard InChI is InChI=1S/C29H38N2O6S/c1-4-6-19-37-28(35)23-22-14-15-29(38-22)24(23)26(33)31(17-8-7-9-18-32)25(29)27(34)30(16-5-2)20-10-12-21(36-3)13-11-20/h4-5,10-13,22-25,32H,1-2,6-9,14-19H2,3H3/t22-,23+,24+,25?,29?/m1/s1. The summed E-state index contributed by atoms with van der Waals surface area (Å²) < 4.78 is 10.2. The summed E-state index contributed by atoms with van der Waals surface area (Å²) in [5, 5.41) is 9.18. The molecule has 3 heterocycles. The van der Waals surface area contributed by atoms with Gasteiger partial charge in [-0.3, -0.25) is 14.4 Å². The van der Waals surface area contributed by atoms with Crippen molar-refractivity contribution in [1.82, 2.24) is 4.90 Å². The molecule has 2 unspecified atom stereocenters. The molecule has 3 aliphatic heterocycles. The predicted molar refractivity (Wildman–Crippen MR) is 148 cm³/mol. The highest BCUT2D eigenvalue weighted by Gasteiger charge is 2.74. The lowest BCUT2D eigenvalue weighted by molar-refractivity contribution is -0.154. The lowest BCUT2D eigenvalue weighted by Gasteiger charge is -2.37. The smallest absolute Gasteiger partial charge is 0.310 e.